The van der Waals surface area contributed by atoms with Crippen LogP contribution in [0.1, 0.15) is 31.9 Å². The van der Waals surface area contributed by atoms with Gasteiger partial charge in [0.25, 0.3) is 5.56 Å². The number of hydrogen-bond acceptors (Lipinski definition) is 2. The van der Waals surface area contributed by atoms with Crippen LogP contribution in [0.3, 0.4) is 0 Å². The molecule has 3 nitrogen and oxygen atoms in total. The van der Waals surface area contributed by atoms with Gasteiger partial charge in [-0.3, -0.25) is 4.79 Å². The summed E-state index contributed by atoms with van der Waals surface area (Å²) >= 11 is 5.80. The van der Waals surface area contributed by atoms with E-state index in [4.69, 9.17) is 11.6 Å². The van der Waals surface area contributed by atoms with Crippen molar-refractivity contribution >= 4 is 11.6 Å². The minimum Gasteiger partial charge on any atom is -0.310 e. The normalized spacial score (nSPS) is 11.6. The third-order valence-electron chi connectivity index (χ3n) is 4.45. The molecule has 0 saturated carbocycles. The molecule has 0 aliphatic rings. The smallest absolute Gasteiger partial charge is 0.250 e. The van der Waals surface area contributed by atoms with E-state index in [1.54, 1.807) is 24.4 Å². The van der Waals surface area contributed by atoms with Crippen LogP contribution in [0.4, 0.5) is 4.39 Å². The Morgan fingerprint density at radius 3 is 2.32 bits per heavy atom. The largest absolute Gasteiger partial charge is 0.310 e. The lowest BCUT2D eigenvalue weighted by molar-refractivity contribution is 0.424. The van der Waals surface area contributed by atoms with Gasteiger partial charge in [0.15, 0.2) is 0 Å². The second-order valence-corrected chi connectivity index (χ2v) is 8.36. The van der Waals surface area contributed by atoms with E-state index in [1.165, 1.54) is 22.3 Å². The zero-order valence-electron chi connectivity index (χ0n) is 16.3. The molecule has 2 aromatic carbocycles. The molecule has 0 unspecified atom stereocenters. The van der Waals surface area contributed by atoms with Crippen molar-refractivity contribution in [2.24, 2.45) is 0 Å². The molecule has 0 spiro atoms. The second kappa shape index (κ2) is 8.29. The predicted octanol–water partition coefficient (Wildman–Crippen LogP) is 5.24. The maximum Gasteiger partial charge on any atom is 0.250 e. The number of pyridine rings is 1. The number of halogens is 2. The van der Waals surface area contributed by atoms with Gasteiger partial charge in [-0.25, -0.2) is 4.39 Å². The van der Waals surface area contributed by atoms with Gasteiger partial charge in [-0.2, -0.15) is 0 Å². The van der Waals surface area contributed by atoms with Crippen molar-refractivity contribution in [2.45, 2.75) is 39.4 Å². The van der Waals surface area contributed by atoms with E-state index >= 15 is 0 Å². The Bertz CT molecular complexity index is 1020. The van der Waals surface area contributed by atoms with Crippen LogP contribution in [0.25, 0.3) is 11.1 Å². The summed E-state index contributed by atoms with van der Waals surface area (Å²) in [5.74, 6) is -0.416. The Hall–Kier alpha value is -2.43. The lowest BCUT2D eigenvalue weighted by Gasteiger charge is -2.20. The van der Waals surface area contributed by atoms with Gasteiger partial charge in [0.2, 0.25) is 0 Å². The third kappa shape index (κ3) is 5.31. The van der Waals surface area contributed by atoms with Crippen LogP contribution in [-0.2, 0) is 13.1 Å². The quantitative estimate of drug-likeness (QED) is 0.637. The number of nitrogens with one attached hydrogen (secondary N) is 1. The molecule has 0 aliphatic carbocycles. The van der Waals surface area contributed by atoms with Gasteiger partial charge in [-0.15, -0.1) is 0 Å². The van der Waals surface area contributed by atoms with Gasteiger partial charge in [0, 0.05) is 34.9 Å². The van der Waals surface area contributed by atoms with Gasteiger partial charge in [0.1, 0.15) is 5.82 Å². The first kappa shape index (κ1) is 20.3. The summed E-state index contributed by atoms with van der Waals surface area (Å²) in [6.07, 6.45) is 1.76. The fraction of sp³-hybridized carbons (Fsp3) is 0.261. The van der Waals surface area contributed by atoms with E-state index in [2.05, 4.69) is 38.2 Å². The minimum absolute atomic E-state index is 0.0606. The monoisotopic (exact) mass is 398 g/mol. The van der Waals surface area contributed by atoms with Gasteiger partial charge >= 0.3 is 0 Å². The van der Waals surface area contributed by atoms with Gasteiger partial charge in [-0.1, -0.05) is 41.9 Å². The summed E-state index contributed by atoms with van der Waals surface area (Å²) in [5.41, 5.74) is 3.41. The van der Waals surface area contributed by atoms with E-state index in [-0.39, 0.29) is 17.6 Å². The number of rotatable bonds is 5. The highest BCUT2D eigenvalue weighted by Gasteiger charge is 2.09. The highest BCUT2D eigenvalue weighted by atomic mass is 35.5. The molecule has 0 amide bonds. The average molecular weight is 399 g/mol. The molecule has 146 valence electrons. The molecule has 0 aliphatic heterocycles. The van der Waals surface area contributed by atoms with Crippen LogP contribution >= 0.6 is 11.6 Å². The first-order chi connectivity index (χ1) is 13.2. The zero-order chi connectivity index (χ0) is 20.3. The van der Waals surface area contributed by atoms with Crippen molar-refractivity contribution in [3.63, 3.8) is 0 Å². The number of benzene rings is 2. The molecule has 0 fully saturated rings. The van der Waals surface area contributed by atoms with Crippen LogP contribution in [0.2, 0.25) is 5.02 Å². The lowest BCUT2D eigenvalue weighted by Crippen LogP contribution is -2.35. The first-order valence-electron chi connectivity index (χ1n) is 9.20. The van der Waals surface area contributed by atoms with Crippen LogP contribution in [0, 0.1) is 5.82 Å². The number of aromatic nitrogens is 1. The molecule has 0 bridgehead atoms. The van der Waals surface area contributed by atoms with Crippen LogP contribution in [0.15, 0.2) is 65.6 Å². The molecule has 0 atom stereocenters. The van der Waals surface area contributed by atoms with Crippen LogP contribution in [-0.4, -0.2) is 10.1 Å². The standard InChI is InChI=1S/C23H24ClFN2O/c1-23(2,3)26-13-16-4-6-17(7-5-16)18-9-11-22(28)27(14-18)15-19-8-10-20(24)12-21(19)25/h4-12,14,26H,13,15H2,1-3H3. The van der Waals surface area contributed by atoms with Crippen LogP contribution in [0.5, 0.6) is 0 Å². The summed E-state index contributed by atoms with van der Waals surface area (Å²) < 4.78 is 15.6. The molecule has 28 heavy (non-hydrogen) atoms. The Morgan fingerprint density at radius 1 is 1.00 bits per heavy atom. The maximum atomic E-state index is 14.1. The van der Waals surface area contributed by atoms with Crippen molar-refractivity contribution in [1.29, 1.82) is 0 Å². The molecular weight excluding hydrogens is 375 g/mol. The fourth-order valence-corrected chi connectivity index (χ4v) is 3.00. The lowest BCUT2D eigenvalue weighted by atomic mass is 10.0. The number of nitrogens with zero attached hydrogens (tertiary/aromatic N) is 1. The highest BCUT2D eigenvalue weighted by molar-refractivity contribution is 6.30. The van der Waals surface area contributed by atoms with Gasteiger partial charge in [-0.05, 0) is 55.7 Å². The van der Waals surface area contributed by atoms with Crippen molar-refractivity contribution < 1.29 is 4.39 Å². The summed E-state index contributed by atoms with van der Waals surface area (Å²) in [6, 6.07) is 16.0. The fourth-order valence-electron chi connectivity index (χ4n) is 2.84. The number of hydrogen-bond donors (Lipinski definition) is 1. The third-order valence-corrected chi connectivity index (χ3v) is 4.68. The summed E-state index contributed by atoms with van der Waals surface area (Å²) in [4.78, 5) is 12.2. The Labute approximate surface area is 169 Å². The van der Waals surface area contributed by atoms with E-state index < -0.39 is 5.82 Å². The van der Waals surface area contributed by atoms with Crippen LogP contribution < -0.4 is 10.9 Å². The molecule has 1 N–H and O–H groups in total. The molecule has 0 radical (unpaired) electrons. The molecule has 5 heteroatoms. The van der Waals surface area contributed by atoms with E-state index in [0.717, 1.165) is 17.7 Å². The van der Waals surface area contributed by atoms with Crippen molar-refractivity contribution in [3.05, 3.63) is 93.1 Å². The molecule has 1 heterocycles. The molecule has 1 aromatic heterocycles. The molecule has 0 saturated heterocycles. The van der Waals surface area contributed by atoms with Gasteiger partial charge in [0.05, 0.1) is 6.54 Å². The minimum atomic E-state index is -0.416. The SMILES string of the molecule is CC(C)(C)NCc1ccc(-c2ccc(=O)n(Cc3ccc(Cl)cc3F)c2)cc1. The van der Waals surface area contributed by atoms with Crippen molar-refractivity contribution in [1.82, 2.24) is 9.88 Å². The second-order valence-electron chi connectivity index (χ2n) is 7.92. The predicted molar refractivity (Wildman–Crippen MR) is 113 cm³/mol. The topological polar surface area (TPSA) is 34.0 Å². The Kier molecular flexibility index (Phi) is 6.01. The maximum absolute atomic E-state index is 14.1. The molecular formula is C23H24ClFN2O. The first-order valence-corrected chi connectivity index (χ1v) is 9.58. The highest BCUT2D eigenvalue weighted by Crippen LogP contribution is 2.20. The molecule has 3 aromatic rings. The van der Waals surface area contributed by atoms with E-state index in [1.807, 2.05) is 12.1 Å². The van der Waals surface area contributed by atoms with Gasteiger partial charge < -0.3 is 9.88 Å². The summed E-state index contributed by atoms with van der Waals surface area (Å²) in [5, 5.41) is 3.80. The molecule has 3 rings (SSSR count). The van der Waals surface area contributed by atoms with E-state index in [9.17, 15) is 9.18 Å². The van der Waals surface area contributed by atoms with Crippen molar-refractivity contribution in [3.8, 4) is 11.1 Å². The van der Waals surface area contributed by atoms with E-state index in [0.29, 0.717) is 10.6 Å². The summed E-state index contributed by atoms with van der Waals surface area (Å²) in [6.45, 7) is 7.35. The van der Waals surface area contributed by atoms with Crippen molar-refractivity contribution in [2.75, 3.05) is 0 Å². The summed E-state index contributed by atoms with van der Waals surface area (Å²) in [7, 11) is 0. The average Bonchev–Trinajstić information content (AvgIpc) is 2.64. The Morgan fingerprint density at radius 2 is 1.68 bits per heavy atom. The Balaban J connectivity index is 1.82. The zero-order valence-corrected chi connectivity index (χ0v) is 17.1.